The van der Waals surface area contributed by atoms with Crippen molar-refractivity contribution in [3.8, 4) is 68.2 Å². The fourth-order valence-electron chi connectivity index (χ4n) is 7.15. The Balaban J connectivity index is 1.38. The number of halogens is 5. The van der Waals surface area contributed by atoms with Crippen LogP contribution in [0.5, 0.6) is 0 Å². The third-order valence-electron chi connectivity index (χ3n) is 9.92. The van der Waals surface area contributed by atoms with Crippen molar-refractivity contribution in [2.24, 2.45) is 0 Å². The molecule has 0 aliphatic carbocycles. The van der Waals surface area contributed by atoms with Gasteiger partial charge < -0.3 is 0 Å². The summed E-state index contributed by atoms with van der Waals surface area (Å²) in [7, 11) is 0. The van der Waals surface area contributed by atoms with Crippen molar-refractivity contribution in [3.63, 3.8) is 0 Å². The van der Waals surface area contributed by atoms with Crippen molar-refractivity contribution in [3.05, 3.63) is 174 Å². The van der Waals surface area contributed by atoms with Crippen LogP contribution in [0, 0.1) is 51.7 Å². The summed E-state index contributed by atoms with van der Waals surface area (Å²) < 4.78 is 71.9. The molecule has 0 bridgehead atoms. The summed E-state index contributed by atoms with van der Waals surface area (Å²) >= 11 is 0. The highest BCUT2D eigenvalue weighted by atomic mass is 19.2. The Morgan fingerprint density at radius 1 is 0.404 bits per heavy atom. The molecule has 2 aromatic heterocycles. The molecule has 9 aromatic rings. The predicted octanol–water partition coefficient (Wildman–Crippen LogP) is 12.1. The van der Waals surface area contributed by atoms with E-state index in [1.807, 2.05) is 84.9 Å². The van der Waals surface area contributed by atoms with E-state index < -0.39 is 34.6 Å². The molecule has 57 heavy (non-hydrogen) atoms. The monoisotopic (exact) mass is 751 g/mol. The lowest BCUT2D eigenvalue weighted by atomic mass is 9.92. The summed E-state index contributed by atoms with van der Waals surface area (Å²) in [5.74, 6) is -10.1. The number of nitriles is 2. The first-order valence-electron chi connectivity index (χ1n) is 17.5. The number of aromatic nitrogens is 3. The number of hydrogen-bond donors (Lipinski definition) is 0. The van der Waals surface area contributed by atoms with Gasteiger partial charge in [-0.25, -0.2) is 36.9 Å². The van der Waals surface area contributed by atoms with Crippen LogP contribution in [-0.2, 0) is 0 Å². The standard InChI is InChI=1S/C47H22F5N5/c48-38-36(39(49)41(51)42(52)40(38)50)28-18-20-29(21-19-28)43-34-22-33(27-6-2-1-3-7-27)46-47(37(34)32-8-4-5-9-35(32)55-43)57-45(31-16-12-26(24-54)13-17-31)44(56-46)30-14-10-25(23-53)11-15-30/h1-22H. The van der Waals surface area contributed by atoms with Gasteiger partial charge in [0.25, 0.3) is 0 Å². The second-order valence-electron chi connectivity index (χ2n) is 13.2. The zero-order chi connectivity index (χ0) is 39.4. The van der Waals surface area contributed by atoms with Crippen molar-refractivity contribution >= 4 is 32.7 Å². The first-order chi connectivity index (χ1) is 27.7. The van der Waals surface area contributed by atoms with Crippen LogP contribution in [0.25, 0.3) is 88.7 Å². The third kappa shape index (κ3) is 5.79. The highest BCUT2D eigenvalue weighted by Crippen LogP contribution is 2.43. The third-order valence-corrected chi connectivity index (χ3v) is 9.92. The van der Waals surface area contributed by atoms with Crippen molar-refractivity contribution in [2.75, 3.05) is 0 Å². The van der Waals surface area contributed by atoms with E-state index in [0.717, 1.165) is 22.1 Å². The van der Waals surface area contributed by atoms with Crippen molar-refractivity contribution in [1.29, 1.82) is 10.5 Å². The lowest BCUT2D eigenvalue weighted by Crippen LogP contribution is -2.04. The molecule has 7 aromatic carbocycles. The van der Waals surface area contributed by atoms with Crippen molar-refractivity contribution < 1.29 is 22.0 Å². The molecule has 0 spiro atoms. The van der Waals surface area contributed by atoms with Crippen LogP contribution >= 0.6 is 0 Å². The Morgan fingerprint density at radius 2 is 0.877 bits per heavy atom. The molecule has 0 atom stereocenters. The summed E-state index contributed by atoms with van der Waals surface area (Å²) in [6, 6.07) is 43.1. The fourth-order valence-corrected chi connectivity index (χ4v) is 7.15. The minimum absolute atomic E-state index is 0.208. The van der Waals surface area contributed by atoms with E-state index in [-0.39, 0.29) is 5.56 Å². The predicted molar refractivity (Wildman–Crippen MR) is 209 cm³/mol. The second-order valence-corrected chi connectivity index (χ2v) is 13.2. The minimum atomic E-state index is -2.23. The maximum Gasteiger partial charge on any atom is 0.200 e. The van der Waals surface area contributed by atoms with E-state index in [9.17, 15) is 32.5 Å². The summed E-state index contributed by atoms with van der Waals surface area (Å²) in [5, 5.41) is 21.2. The normalized spacial score (nSPS) is 11.2. The van der Waals surface area contributed by atoms with Crippen LogP contribution in [0.15, 0.2) is 133 Å². The molecule has 0 fully saturated rings. The zero-order valence-corrected chi connectivity index (χ0v) is 29.3. The molecule has 0 amide bonds. The Morgan fingerprint density at radius 3 is 1.46 bits per heavy atom. The molecular formula is C47H22F5N5. The zero-order valence-electron chi connectivity index (χ0n) is 29.3. The summed E-state index contributed by atoms with van der Waals surface area (Å²) in [4.78, 5) is 15.8. The molecule has 0 N–H and O–H groups in total. The Kier molecular flexibility index (Phi) is 8.45. The average Bonchev–Trinajstić information content (AvgIpc) is 3.27. The van der Waals surface area contributed by atoms with E-state index >= 15 is 0 Å². The summed E-state index contributed by atoms with van der Waals surface area (Å²) in [6.07, 6.45) is 0. The van der Waals surface area contributed by atoms with E-state index in [1.165, 1.54) is 24.3 Å². The Bertz CT molecular complexity index is 3140. The summed E-state index contributed by atoms with van der Waals surface area (Å²) in [6.45, 7) is 0. The van der Waals surface area contributed by atoms with Crippen LogP contribution < -0.4 is 0 Å². The van der Waals surface area contributed by atoms with Gasteiger partial charge in [-0.2, -0.15) is 10.5 Å². The van der Waals surface area contributed by atoms with E-state index in [4.69, 9.17) is 15.0 Å². The number of hydrogen-bond acceptors (Lipinski definition) is 5. The van der Waals surface area contributed by atoms with E-state index in [1.54, 1.807) is 24.3 Å². The number of rotatable bonds is 5. The van der Waals surface area contributed by atoms with Gasteiger partial charge in [-0.15, -0.1) is 0 Å². The van der Waals surface area contributed by atoms with Gasteiger partial charge in [0.05, 0.1) is 62.5 Å². The highest BCUT2D eigenvalue weighted by molar-refractivity contribution is 6.24. The van der Waals surface area contributed by atoms with E-state index in [2.05, 4.69) is 12.1 Å². The van der Waals surface area contributed by atoms with Crippen molar-refractivity contribution in [1.82, 2.24) is 15.0 Å². The molecule has 5 nitrogen and oxygen atoms in total. The van der Waals surface area contributed by atoms with Gasteiger partial charge in [-0.05, 0) is 47.5 Å². The minimum Gasteiger partial charge on any atom is -0.247 e. The van der Waals surface area contributed by atoms with Gasteiger partial charge in [0.2, 0.25) is 5.82 Å². The second kappa shape index (κ2) is 13.8. The molecule has 0 radical (unpaired) electrons. The number of para-hydroxylation sites is 1. The van der Waals surface area contributed by atoms with Crippen LogP contribution in [0.3, 0.4) is 0 Å². The van der Waals surface area contributed by atoms with Crippen LogP contribution in [0.4, 0.5) is 22.0 Å². The van der Waals surface area contributed by atoms with Gasteiger partial charge >= 0.3 is 0 Å². The highest BCUT2D eigenvalue weighted by Gasteiger charge is 2.27. The molecule has 0 unspecified atom stereocenters. The Hall–Kier alpha value is -7.82. The summed E-state index contributed by atoms with van der Waals surface area (Å²) in [5.41, 5.74) is 6.47. The fraction of sp³-hybridized carbons (Fsp3) is 0. The smallest absolute Gasteiger partial charge is 0.200 e. The molecule has 10 heteroatoms. The maximum atomic E-state index is 14.8. The van der Waals surface area contributed by atoms with Crippen LogP contribution in [0.1, 0.15) is 11.1 Å². The number of fused-ring (bicyclic) bond motifs is 5. The largest absolute Gasteiger partial charge is 0.247 e. The Labute approximate surface area is 321 Å². The number of nitrogens with zero attached hydrogens (tertiary/aromatic N) is 5. The van der Waals surface area contributed by atoms with Gasteiger partial charge in [-0.1, -0.05) is 97.1 Å². The van der Waals surface area contributed by atoms with Crippen molar-refractivity contribution in [2.45, 2.75) is 0 Å². The lowest BCUT2D eigenvalue weighted by molar-refractivity contribution is 0.381. The van der Waals surface area contributed by atoms with Gasteiger partial charge in [-0.3, -0.25) is 0 Å². The first-order valence-corrected chi connectivity index (χ1v) is 17.5. The molecule has 0 aliphatic heterocycles. The molecule has 0 aliphatic rings. The molecule has 0 saturated carbocycles. The maximum absolute atomic E-state index is 14.8. The molecule has 9 rings (SSSR count). The molecule has 0 saturated heterocycles. The number of pyridine rings is 1. The molecular weight excluding hydrogens is 730 g/mol. The topological polar surface area (TPSA) is 86.2 Å². The lowest BCUT2D eigenvalue weighted by Gasteiger charge is -2.18. The van der Waals surface area contributed by atoms with Crippen LogP contribution in [0.2, 0.25) is 0 Å². The van der Waals surface area contributed by atoms with Gasteiger partial charge in [0.1, 0.15) is 0 Å². The van der Waals surface area contributed by atoms with Gasteiger partial charge in [0, 0.05) is 38.4 Å². The molecule has 2 heterocycles. The molecule has 270 valence electrons. The number of benzene rings is 7. The van der Waals surface area contributed by atoms with E-state index in [0.29, 0.717) is 66.7 Å². The van der Waals surface area contributed by atoms with Crippen LogP contribution in [-0.4, -0.2) is 15.0 Å². The van der Waals surface area contributed by atoms with Gasteiger partial charge in [0.15, 0.2) is 23.3 Å². The SMILES string of the molecule is N#Cc1ccc(-c2nc3c(-c4ccccc4)cc4c(-c5ccc(-c6c(F)c(F)c(F)c(F)c6F)cc5)nc5ccccc5c4c3nc2-c2ccc(C#N)cc2)cc1. The quantitative estimate of drug-likeness (QED) is 0.0756. The first kappa shape index (κ1) is 34.9. The average molecular weight is 752 g/mol.